The average Bonchev–Trinajstić information content (AvgIpc) is 2.85. The molecule has 22 heavy (non-hydrogen) atoms. The van der Waals surface area contributed by atoms with Gasteiger partial charge in [0.1, 0.15) is 5.75 Å². The highest BCUT2D eigenvalue weighted by atomic mass is 16.4. The Morgan fingerprint density at radius 1 is 1.36 bits per heavy atom. The predicted molar refractivity (Wildman–Crippen MR) is 81.5 cm³/mol. The fourth-order valence-electron chi connectivity index (χ4n) is 2.25. The van der Waals surface area contributed by atoms with E-state index in [1.165, 1.54) is 0 Å². The van der Waals surface area contributed by atoms with Gasteiger partial charge in [-0.15, -0.1) is 0 Å². The van der Waals surface area contributed by atoms with Gasteiger partial charge in [0.2, 0.25) is 5.91 Å². The van der Waals surface area contributed by atoms with Crippen LogP contribution in [-0.4, -0.2) is 39.7 Å². The molecule has 0 saturated heterocycles. The molecule has 0 fully saturated rings. The number of carbonyl (C=O) groups excluding carboxylic acids is 1. The van der Waals surface area contributed by atoms with Crippen LogP contribution in [0.25, 0.3) is 10.9 Å². The number of phenols is 1. The van der Waals surface area contributed by atoms with E-state index in [9.17, 15) is 14.7 Å². The number of nitrogens with one attached hydrogen (secondary N) is 2. The lowest BCUT2D eigenvalue weighted by Crippen LogP contribution is -2.42. The molecule has 0 unspecified atom stereocenters. The number of aromatic amines is 1. The number of aromatic hydroxyl groups is 1. The van der Waals surface area contributed by atoms with Crippen LogP contribution in [0.5, 0.6) is 5.75 Å². The monoisotopic (exact) mass is 305 g/mol. The van der Waals surface area contributed by atoms with Crippen LogP contribution in [0.3, 0.4) is 0 Å². The summed E-state index contributed by atoms with van der Waals surface area (Å²) >= 11 is 0. The third-order valence-corrected chi connectivity index (χ3v) is 3.39. The minimum atomic E-state index is -0.892. The van der Waals surface area contributed by atoms with Crippen molar-refractivity contribution in [3.63, 3.8) is 0 Å². The molecule has 1 amide bonds. The van der Waals surface area contributed by atoms with Crippen LogP contribution in [0.1, 0.15) is 18.4 Å². The summed E-state index contributed by atoms with van der Waals surface area (Å²) in [4.78, 5) is 25.3. The fraction of sp³-hybridized carbons (Fsp3) is 0.333. The van der Waals surface area contributed by atoms with Crippen molar-refractivity contribution in [2.45, 2.75) is 25.3 Å². The lowest BCUT2D eigenvalue weighted by molar-refractivity contribution is -0.137. The molecule has 2 aromatic rings. The van der Waals surface area contributed by atoms with Gasteiger partial charge in [-0.2, -0.15) is 0 Å². The van der Waals surface area contributed by atoms with E-state index in [-0.39, 0.29) is 24.6 Å². The van der Waals surface area contributed by atoms with Crippen molar-refractivity contribution < 1.29 is 19.8 Å². The van der Waals surface area contributed by atoms with Gasteiger partial charge in [0.15, 0.2) is 0 Å². The number of H-pyrrole nitrogens is 1. The van der Waals surface area contributed by atoms with Crippen LogP contribution in [-0.2, 0) is 16.0 Å². The number of carboxylic acid groups (broad SMARTS) is 1. The summed E-state index contributed by atoms with van der Waals surface area (Å²) in [6.45, 7) is 0.285. The third kappa shape index (κ3) is 3.98. The number of hydrogen-bond acceptors (Lipinski definition) is 4. The van der Waals surface area contributed by atoms with Crippen LogP contribution in [0.2, 0.25) is 0 Å². The quantitative estimate of drug-likeness (QED) is 0.482. The Balaban J connectivity index is 1.92. The highest BCUT2D eigenvalue weighted by molar-refractivity contribution is 5.87. The van der Waals surface area contributed by atoms with E-state index in [2.05, 4.69) is 10.3 Å². The van der Waals surface area contributed by atoms with Crippen molar-refractivity contribution in [3.05, 3.63) is 30.0 Å². The second-order valence-electron chi connectivity index (χ2n) is 5.14. The molecule has 118 valence electrons. The van der Waals surface area contributed by atoms with E-state index in [1.54, 1.807) is 24.4 Å². The topological polar surface area (TPSA) is 128 Å². The molecule has 6 N–H and O–H groups in total. The minimum absolute atomic E-state index is 0.0112. The molecule has 0 aliphatic carbocycles. The first-order valence-corrected chi connectivity index (χ1v) is 7.01. The summed E-state index contributed by atoms with van der Waals surface area (Å²) in [7, 11) is 0. The molecule has 1 aromatic carbocycles. The number of rotatable bonds is 7. The number of aliphatic carboxylic acids is 1. The standard InChI is InChI=1S/C15H19N3O4/c16-12(15(22)17-5-1-2-14(20)21)6-9-8-18-13-4-3-10(19)7-11(9)13/h3-4,7-8,12,18-19H,1-2,5-6,16H2,(H,17,22)(H,20,21)/t12-/m0/s1. The molecular formula is C15H19N3O4. The first-order chi connectivity index (χ1) is 10.5. The molecule has 0 saturated carbocycles. The van der Waals surface area contributed by atoms with Crippen molar-refractivity contribution in [2.24, 2.45) is 5.73 Å². The summed E-state index contributed by atoms with van der Waals surface area (Å²) < 4.78 is 0. The number of benzene rings is 1. The molecule has 0 bridgehead atoms. The van der Waals surface area contributed by atoms with Gasteiger partial charge >= 0.3 is 5.97 Å². The van der Waals surface area contributed by atoms with E-state index in [1.807, 2.05) is 0 Å². The summed E-state index contributed by atoms with van der Waals surface area (Å²) in [6.07, 6.45) is 2.47. The van der Waals surface area contributed by atoms with Crippen LogP contribution in [0.15, 0.2) is 24.4 Å². The third-order valence-electron chi connectivity index (χ3n) is 3.39. The summed E-state index contributed by atoms with van der Waals surface area (Å²) in [5.41, 5.74) is 7.58. The number of amides is 1. The van der Waals surface area contributed by atoms with Crippen LogP contribution in [0, 0.1) is 0 Å². The van der Waals surface area contributed by atoms with Crippen molar-refractivity contribution in [1.29, 1.82) is 0 Å². The van der Waals surface area contributed by atoms with Crippen molar-refractivity contribution in [1.82, 2.24) is 10.3 Å². The highest BCUT2D eigenvalue weighted by Crippen LogP contribution is 2.23. The second-order valence-corrected chi connectivity index (χ2v) is 5.14. The smallest absolute Gasteiger partial charge is 0.303 e. The highest BCUT2D eigenvalue weighted by Gasteiger charge is 2.16. The molecule has 2 rings (SSSR count). The number of carbonyl (C=O) groups is 2. The van der Waals surface area contributed by atoms with E-state index in [0.29, 0.717) is 12.8 Å². The first kappa shape index (κ1) is 15.8. The average molecular weight is 305 g/mol. The minimum Gasteiger partial charge on any atom is -0.508 e. The van der Waals surface area contributed by atoms with Gasteiger partial charge < -0.3 is 26.2 Å². The van der Waals surface area contributed by atoms with Gasteiger partial charge in [-0.25, -0.2) is 0 Å². The van der Waals surface area contributed by atoms with E-state index in [4.69, 9.17) is 10.8 Å². The zero-order valence-corrected chi connectivity index (χ0v) is 12.0. The number of phenolic OH excluding ortho intramolecular Hbond substituents is 1. The van der Waals surface area contributed by atoms with Crippen molar-refractivity contribution in [2.75, 3.05) is 6.54 Å². The number of nitrogens with two attached hydrogens (primary N) is 1. The van der Waals surface area contributed by atoms with Gasteiger partial charge in [0.25, 0.3) is 0 Å². The number of fused-ring (bicyclic) bond motifs is 1. The molecular weight excluding hydrogens is 286 g/mol. The zero-order valence-electron chi connectivity index (χ0n) is 12.0. The Hall–Kier alpha value is -2.54. The summed E-state index contributed by atoms with van der Waals surface area (Å²) in [5.74, 6) is -1.06. The number of carboxylic acids is 1. The lowest BCUT2D eigenvalue weighted by Gasteiger charge is -2.11. The Labute approximate surface area is 127 Å². The fourth-order valence-corrected chi connectivity index (χ4v) is 2.25. The normalized spacial score (nSPS) is 12.2. The number of aromatic nitrogens is 1. The van der Waals surface area contributed by atoms with Crippen molar-refractivity contribution in [3.8, 4) is 5.75 Å². The van der Waals surface area contributed by atoms with Crippen LogP contribution >= 0.6 is 0 Å². The molecule has 1 atom stereocenters. The predicted octanol–water partition coefficient (Wildman–Crippen LogP) is 0.724. The van der Waals surface area contributed by atoms with Gasteiger partial charge in [-0.05, 0) is 36.6 Å². The molecule has 0 radical (unpaired) electrons. The maximum atomic E-state index is 11.9. The SMILES string of the molecule is N[C@@H](Cc1c[nH]c2ccc(O)cc12)C(=O)NCCCC(=O)O. The Morgan fingerprint density at radius 2 is 2.14 bits per heavy atom. The first-order valence-electron chi connectivity index (χ1n) is 7.01. The van der Waals surface area contributed by atoms with E-state index < -0.39 is 12.0 Å². The van der Waals surface area contributed by atoms with Gasteiger partial charge in [0.05, 0.1) is 6.04 Å². The Kier molecular flexibility index (Phi) is 5.00. The molecule has 1 heterocycles. The number of hydrogen-bond donors (Lipinski definition) is 5. The van der Waals surface area contributed by atoms with Gasteiger partial charge in [0, 0.05) is 30.1 Å². The maximum Gasteiger partial charge on any atom is 0.303 e. The van der Waals surface area contributed by atoms with Crippen LogP contribution in [0.4, 0.5) is 0 Å². The largest absolute Gasteiger partial charge is 0.508 e. The summed E-state index contributed by atoms with van der Waals surface area (Å²) in [5, 5.41) is 21.5. The molecule has 0 aliphatic rings. The molecule has 0 spiro atoms. The lowest BCUT2D eigenvalue weighted by atomic mass is 10.0. The second kappa shape index (κ2) is 6.95. The Bertz CT molecular complexity index is 680. The zero-order chi connectivity index (χ0) is 16.1. The van der Waals surface area contributed by atoms with Gasteiger partial charge in [-0.3, -0.25) is 9.59 Å². The van der Waals surface area contributed by atoms with Crippen molar-refractivity contribution >= 4 is 22.8 Å². The van der Waals surface area contributed by atoms with Gasteiger partial charge in [-0.1, -0.05) is 0 Å². The van der Waals surface area contributed by atoms with E-state index in [0.717, 1.165) is 16.5 Å². The molecule has 7 nitrogen and oxygen atoms in total. The Morgan fingerprint density at radius 3 is 2.86 bits per heavy atom. The molecule has 7 heteroatoms. The van der Waals surface area contributed by atoms with Crippen LogP contribution < -0.4 is 11.1 Å². The summed E-state index contributed by atoms with van der Waals surface area (Å²) in [6, 6.07) is 4.23. The maximum absolute atomic E-state index is 11.9. The molecule has 0 aliphatic heterocycles. The van der Waals surface area contributed by atoms with E-state index >= 15 is 0 Å². The molecule has 1 aromatic heterocycles.